The first-order valence-electron chi connectivity index (χ1n) is 9.77. The first kappa shape index (κ1) is 22.7. The molecule has 0 spiro atoms. The van der Waals surface area contributed by atoms with Crippen LogP contribution in [0.1, 0.15) is 24.2 Å². The van der Waals surface area contributed by atoms with E-state index in [1.807, 2.05) is 13.8 Å². The van der Waals surface area contributed by atoms with Crippen molar-refractivity contribution < 1.29 is 17.9 Å². The molecule has 2 aromatic rings. The lowest BCUT2D eigenvalue weighted by Gasteiger charge is -2.35. The van der Waals surface area contributed by atoms with Crippen LogP contribution in [0.3, 0.4) is 0 Å². The third-order valence-electron chi connectivity index (χ3n) is 4.71. The van der Waals surface area contributed by atoms with Gasteiger partial charge in [-0.3, -0.25) is 14.4 Å². The fourth-order valence-electron chi connectivity index (χ4n) is 3.43. The minimum atomic E-state index is -3.80. The van der Waals surface area contributed by atoms with Crippen molar-refractivity contribution in [2.75, 3.05) is 30.9 Å². The molecule has 0 aliphatic carbocycles. The van der Waals surface area contributed by atoms with Crippen LogP contribution in [0.2, 0.25) is 0 Å². The Morgan fingerprint density at radius 3 is 2.47 bits per heavy atom. The molecule has 0 radical (unpaired) electrons. The summed E-state index contributed by atoms with van der Waals surface area (Å²) in [5.41, 5.74) is 0.749. The van der Waals surface area contributed by atoms with Gasteiger partial charge in [0.05, 0.1) is 17.1 Å². The minimum absolute atomic E-state index is 0.0360. The number of nitrogens with zero attached hydrogens (tertiary/aromatic N) is 1. The molecule has 2 N–H and O–H groups in total. The number of ether oxygens (including phenoxy) is 1. The van der Waals surface area contributed by atoms with Gasteiger partial charge < -0.3 is 10.1 Å². The Morgan fingerprint density at radius 1 is 1.13 bits per heavy atom. The number of sulfonamides is 1. The molecular weight excluding hydrogens is 470 g/mol. The average molecular weight is 496 g/mol. The predicted octanol–water partition coefficient (Wildman–Crippen LogP) is 3.09. The minimum Gasteiger partial charge on any atom is -0.373 e. The Bertz CT molecular complexity index is 972. The maximum Gasteiger partial charge on any atom is 0.261 e. The molecule has 2 aromatic carbocycles. The zero-order valence-electron chi connectivity index (χ0n) is 17.0. The summed E-state index contributed by atoms with van der Waals surface area (Å²) in [4.78, 5) is 14.8. The second-order valence-corrected chi connectivity index (χ2v) is 10.0. The molecular formula is C21H26BrN3O4S. The number of hydrogen-bond acceptors (Lipinski definition) is 5. The molecule has 1 saturated heterocycles. The van der Waals surface area contributed by atoms with Crippen LogP contribution in [0.25, 0.3) is 0 Å². The Labute approximate surface area is 186 Å². The number of hydrogen-bond donors (Lipinski definition) is 2. The highest BCUT2D eigenvalue weighted by molar-refractivity contribution is 9.10. The summed E-state index contributed by atoms with van der Waals surface area (Å²) in [5.74, 6) is -0.301. The second-order valence-electron chi connectivity index (χ2n) is 7.41. The third-order valence-corrected chi connectivity index (χ3v) is 6.62. The zero-order valence-corrected chi connectivity index (χ0v) is 19.4. The van der Waals surface area contributed by atoms with Gasteiger partial charge in [-0.05, 0) is 56.3 Å². The van der Waals surface area contributed by atoms with E-state index in [1.54, 1.807) is 36.4 Å². The molecule has 1 aliphatic heterocycles. The highest BCUT2D eigenvalue weighted by Crippen LogP contribution is 2.19. The largest absolute Gasteiger partial charge is 0.373 e. The van der Waals surface area contributed by atoms with Crippen LogP contribution in [-0.4, -0.2) is 57.6 Å². The smallest absolute Gasteiger partial charge is 0.261 e. The van der Waals surface area contributed by atoms with E-state index in [2.05, 4.69) is 30.9 Å². The van der Waals surface area contributed by atoms with Crippen LogP contribution < -0.4 is 10.0 Å². The molecule has 3 rings (SSSR count). The first-order chi connectivity index (χ1) is 14.2. The van der Waals surface area contributed by atoms with E-state index in [0.717, 1.165) is 17.6 Å². The summed E-state index contributed by atoms with van der Waals surface area (Å²) in [6, 6.07) is 12.8. The predicted molar refractivity (Wildman–Crippen MR) is 120 cm³/mol. The molecule has 1 heterocycles. The van der Waals surface area contributed by atoms with Crippen molar-refractivity contribution in [1.82, 2.24) is 10.2 Å². The molecule has 9 heteroatoms. The summed E-state index contributed by atoms with van der Waals surface area (Å²) in [6.07, 6.45) is 0.342. The first-order valence-corrected chi connectivity index (χ1v) is 12.0. The Kier molecular flexibility index (Phi) is 7.51. The molecule has 2 unspecified atom stereocenters. The van der Waals surface area contributed by atoms with Crippen molar-refractivity contribution in [2.24, 2.45) is 0 Å². The number of rotatable bonds is 7. The number of halogens is 1. The maximum atomic E-state index is 12.7. The molecule has 2 atom stereocenters. The fourth-order valence-corrected chi connectivity index (χ4v) is 4.80. The summed E-state index contributed by atoms with van der Waals surface area (Å²) >= 11 is 3.32. The third kappa shape index (κ3) is 6.28. The highest BCUT2D eigenvalue weighted by atomic mass is 79.9. The SMILES string of the molecule is CC1CN(CCNC(=O)c2cccc(S(=O)(=O)Nc3ccc(Br)cc3)c2)CC(C)O1. The van der Waals surface area contributed by atoms with Crippen LogP contribution in [0, 0.1) is 0 Å². The topological polar surface area (TPSA) is 87.7 Å². The summed E-state index contributed by atoms with van der Waals surface area (Å²) < 4.78 is 34.4. The van der Waals surface area contributed by atoms with Crippen LogP contribution >= 0.6 is 15.9 Å². The van der Waals surface area contributed by atoms with Gasteiger partial charge in [0.1, 0.15) is 0 Å². The molecule has 162 valence electrons. The van der Waals surface area contributed by atoms with Crippen molar-refractivity contribution in [3.8, 4) is 0 Å². The monoisotopic (exact) mass is 495 g/mol. The lowest BCUT2D eigenvalue weighted by molar-refractivity contribution is -0.0672. The van der Waals surface area contributed by atoms with Gasteiger partial charge in [0.25, 0.3) is 15.9 Å². The van der Waals surface area contributed by atoms with Gasteiger partial charge >= 0.3 is 0 Å². The van der Waals surface area contributed by atoms with Gasteiger partial charge in [-0.2, -0.15) is 0 Å². The van der Waals surface area contributed by atoms with E-state index in [1.165, 1.54) is 12.1 Å². The van der Waals surface area contributed by atoms with E-state index in [-0.39, 0.29) is 23.0 Å². The van der Waals surface area contributed by atoms with Crippen LogP contribution in [0.15, 0.2) is 57.9 Å². The normalized spacial score (nSPS) is 20.0. The number of anilines is 1. The lowest BCUT2D eigenvalue weighted by Crippen LogP contribution is -2.47. The van der Waals surface area contributed by atoms with Gasteiger partial charge in [-0.25, -0.2) is 8.42 Å². The van der Waals surface area contributed by atoms with E-state index in [4.69, 9.17) is 4.74 Å². The van der Waals surface area contributed by atoms with E-state index in [9.17, 15) is 13.2 Å². The number of amides is 1. The second kappa shape index (κ2) is 9.91. The Morgan fingerprint density at radius 2 is 1.80 bits per heavy atom. The molecule has 30 heavy (non-hydrogen) atoms. The number of nitrogens with one attached hydrogen (secondary N) is 2. The van der Waals surface area contributed by atoms with Crippen molar-refractivity contribution in [1.29, 1.82) is 0 Å². The van der Waals surface area contributed by atoms with Crippen molar-refractivity contribution in [3.63, 3.8) is 0 Å². The summed E-state index contributed by atoms with van der Waals surface area (Å²) in [6.45, 7) is 6.93. The van der Waals surface area contributed by atoms with E-state index in [0.29, 0.717) is 24.3 Å². The summed E-state index contributed by atoms with van der Waals surface area (Å²) in [7, 11) is -3.80. The zero-order chi connectivity index (χ0) is 21.7. The quantitative estimate of drug-likeness (QED) is 0.616. The van der Waals surface area contributed by atoms with Crippen LogP contribution in [0.5, 0.6) is 0 Å². The number of morpholine rings is 1. The number of benzene rings is 2. The average Bonchev–Trinajstić information content (AvgIpc) is 2.69. The van der Waals surface area contributed by atoms with Gasteiger partial charge in [0.15, 0.2) is 0 Å². The number of carbonyl (C=O) groups excluding carboxylic acids is 1. The van der Waals surface area contributed by atoms with Crippen LogP contribution in [-0.2, 0) is 14.8 Å². The molecule has 1 amide bonds. The maximum absolute atomic E-state index is 12.7. The van der Waals surface area contributed by atoms with Crippen molar-refractivity contribution >= 4 is 37.5 Å². The van der Waals surface area contributed by atoms with Gasteiger partial charge in [0.2, 0.25) is 0 Å². The molecule has 0 saturated carbocycles. The standard InChI is InChI=1S/C21H26BrN3O4S/c1-15-13-25(14-16(2)29-15)11-10-23-21(26)17-4-3-5-20(12-17)30(27,28)24-19-8-6-18(22)7-9-19/h3-9,12,15-16,24H,10-11,13-14H2,1-2H3,(H,23,26). The van der Waals surface area contributed by atoms with Gasteiger partial charge in [-0.1, -0.05) is 22.0 Å². The Balaban J connectivity index is 1.60. The number of carbonyl (C=O) groups is 1. The van der Waals surface area contributed by atoms with Gasteiger partial charge in [0, 0.05) is 41.9 Å². The van der Waals surface area contributed by atoms with Crippen LogP contribution in [0.4, 0.5) is 5.69 Å². The molecule has 1 fully saturated rings. The summed E-state index contributed by atoms with van der Waals surface area (Å²) in [5, 5.41) is 2.87. The molecule has 1 aliphatic rings. The molecule has 0 bridgehead atoms. The Hall–Kier alpha value is -1.94. The molecule has 7 nitrogen and oxygen atoms in total. The van der Waals surface area contributed by atoms with E-state index >= 15 is 0 Å². The molecule has 0 aromatic heterocycles. The van der Waals surface area contributed by atoms with E-state index < -0.39 is 10.0 Å². The van der Waals surface area contributed by atoms with Gasteiger partial charge in [-0.15, -0.1) is 0 Å². The van der Waals surface area contributed by atoms with Crippen molar-refractivity contribution in [3.05, 3.63) is 58.6 Å². The van der Waals surface area contributed by atoms with Crippen molar-refractivity contribution in [2.45, 2.75) is 31.0 Å². The fraction of sp³-hybridized carbons (Fsp3) is 0.381. The lowest BCUT2D eigenvalue weighted by atomic mass is 10.2. The highest BCUT2D eigenvalue weighted by Gasteiger charge is 2.22.